The summed E-state index contributed by atoms with van der Waals surface area (Å²) >= 11 is 0. The molecular formula is C33H32N6O6. The second-order valence-corrected chi connectivity index (χ2v) is 10.7. The molecule has 6 aromatic rings. The molecule has 230 valence electrons. The van der Waals surface area contributed by atoms with Crippen molar-refractivity contribution < 1.29 is 23.7 Å². The van der Waals surface area contributed by atoms with E-state index in [0.29, 0.717) is 91.4 Å². The van der Waals surface area contributed by atoms with Crippen molar-refractivity contribution in [3.05, 3.63) is 99.6 Å². The lowest BCUT2D eigenvalue weighted by molar-refractivity contribution is -0.808. The molecule has 0 unspecified atom stereocenters. The number of fused-ring (bicyclic) bond motifs is 6. The minimum absolute atomic E-state index is 0.0714. The van der Waals surface area contributed by atoms with Crippen LogP contribution in [0.5, 0.6) is 5.75 Å². The van der Waals surface area contributed by atoms with Crippen molar-refractivity contribution >= 4 is 21.8 Å². The lowest BCUT2D eigenvalue weighted by atomic mass is 10.0. The van der Waals surface area contributed by atoms with E-state index in [9.17, 15) is 10.0 Å². The van der Waals surface area contributed by atoms with Crippen LogP contribution >= 0.6 is 0 Å². The first-order valence-electron chi connectivity index (χ1n) is 14.9. The van der Waals surface area contributed by atoms with Crippen LogP contribution in [0.3, 0.4) is 0 Å². The molecule has 12 heteroatoms. The van der Waals surface area contributed by atoms with Crippen LogP contribution in [0.1, 0.15) is 11.3 Å². The maximum absolute atomic E-state index is 13.4. The highest BCUT2D eigenvalue weighted by Crippen LogP contribution is 2.33. The predicted molar refractivity (Wildman–Crippen MR) is 167 cm³/mol. The number of aromatic amines is 1. The maximum atomic E-state index is 13.4. The van der Waals surface area contributed by atoms with E-state index in [0.717, 1.165) is 23.2 Å². The molecule has 0 spiro atoms. The first-order valence-corrected chi connectivity index (χ1v) is 14.9. The first-order chi connectivity index (χ1) is 22.2. The van der Waals surface area contributed by atoms with E-state index in [1.807, 2.05) is 60.7 Å². The van der Waals surface area contributed by atoms with Crippen LogP contribution < -0.4 is 20.5 Å². The fourth-order valence-corrected chi connectivity index (χ4v) is 5.68. The van der Waals surface area contributed by atoms with Gasteiger partial charge in [0.1, 0.15) is 12.4 Å². The largest absolute Gasteiger partial charge is 0.491 e. The van der Waals surface area contributed by atoms with Crippen LogP contribution in [0.25, 0.3) is 44.6 Å². The fraction of sp³-hybridized carbons (Fsp3) is 0.273. The number of para-hydroxylation sites is 1. The Morgan fingerprint density at radius 2 is 1.76 bits per heavy atom. The average molecular weight is 609 g/mol. The van der Waals surface area contributed by atoms with Crippen LogP contribution in [0, 0.1) is 5.21 Å². The number of H-pyrrole nitrogens is 1. The summed E-state index contributed by atoms with van der Waals surface area (Å²) in [6.07, 6.45) is 0.771. The highest BCUT2D eigenvalue weighted by atomic mass is 16.8. The zero-order chi connectivity index (χ0) is 30.6. The molecule has 0 saturated carbocycles. The summed E-state index contributed by atoms with van der Waals surface area (Å²) in [5, 5.41) is 20.7. The van der Waals surface area contributed by atoms with E-state index in [1.54, 1.807) is 10.6 Å². The summed E-state index contributed by atoms with van der Waals surface area (Å²) in [5.74, 6) is 1.27. The molecule has 45 heavy (non-hydrogen) atoms. The van der Waals surface area contributed by atoms with Gasteiger partial charge in [-0.2, -0.15) is 0 Å². The van der Waals surface area contributed by atoms with Crippen LogP contribution in [0.15, 0.2) is 82.2 Å². The van der Waals surface area contributed by atoms with Gasteiger partial charge in [0, 0.05) is 34.7 Å². The Balaban J connectivity index is 0.841. The minimum atomic E-state index is -0.0714. The number of nitrogens with one attached hydrogen (secondary N) is 2. The third-order valence-electron chi connectivity index (χ3n) is 7.88. The van der Waals surface area contributed by atoms with Crippen LogP contribution in [-0.2, 0) is 29.0 Å². The number of nitrogens with zero attached hydrogens (tertiary/aromatic N) is 4. The van der Waals surface area contributed by atoms with Crippen molar-refractivity contribution in [2.75, 3.05) is 39.6 Å². The van der Waals surface area contributed by atoms with Gasteiger partial charge in [-0.1, -0.05) is 48.5 Å². The van der Waals surface area contributed by atoms with Gasteiger partial charge in [0.25, 0.3) is 11.3 Å². The topological polar surface area (TPSA) is 143 Å². The van der Waals surface area contributed by atoms with E-state index in [1.165, 1.54) is 10.9 Å². The lowest BCUT2D eigenvalue weighted by Gasteiger charge is -2.19. The zero-order valence-electron chi connectivity index (χ0n) is 24.5. The SMILES string of the molecule is O=c1c2cc(OCCOCCOCCNCc3c(-c4ccccc4)no[n+]3[O-])ccc2nc2n1CCc1c-2[nH]c2ccccc12. The Morgan fingerprint density at radius 3 is 2.64 bits per heavy atom. The first kappa shape index (κ1) is 28.7. The standard InChI is InChI=1S/C33H32N6O6/c40-33-26-20-23(10-11-28(26)36-32-31-25(12-14-38(32)33)24-8-4-5-9-27(24)35-31)44-19-18-43-17-16-42-15-13-34-21-29-30(37-45-39(29)41)22-6-2-1-3-7-22/h1-11,20,34-35H,12-19,21H2. The monoisotopic (exact) mass is 608 g/mol. The highest BCUT2D eigenvalue weighted by molar-refractivity contribution is 5.91. The molecule has 0 saturated heterocycles. The van der Waals surface area contributed by atoms with E-state index < -0.39 is 0 Å². The molecule has 4 heterocycles. The molecule has 7 rings (SSSR count). The summed E-state index contributed by atoms with van der Waals surface area (Å²) in [7, 11) is 0. The number of aryl methyl sites for hydroxylation is 1. The summed E-state index contributed by atoms with van der Waals surface area (Å²) in [6, 6.07) is 23.0. The predicted octanol–water partition coefficient (Wildman–Crippen LogP) is 3.59. The number of hydrogen-bond donors (Lipinski definition) is 2. The van der Waals surface area contributed by atoms with Crippen molar-refractivity contribution in [3.8, 4) is 28.5 Å². The van der Waals surface area contributed by atoms with E-state index in [-0.39, 0.29) is 5.56 Å². The van der Waals surface area contributed by atoms with Gasteiger partial charge < -0.3 is 29.7 Å². The summed E-state index contributed by atoms with van der Waals surface area (Å²) < 4.78 is 23.6. The molecule has 0 bridgehead atoms. The molecule has 1 aliphatic heterocycles. The molecular weight excluding hydrogens is 576 g/mol. The van der Waals surface area contributed by atoms with Crippen molar-refractivity contribution in [1.29, 1.82) is 0 Å². The third kappa shape index (κ3) is 5.90. The van der Waals surface area contributed by atoms with Crippen molar-refractivity contribution in [3.63, 3.8) is 0 Å². The van der Waals surface area contributed by atoms with E-state index in [4.69, 9.17) is 23.8 Å². The molecule has 1 aliphatic rings. The van der Waals surface area contributed by atoms with E-state index in [2.05, 4.69) is 21.5 Å². The highest BCUT2D eigenvalue weighted by Gasteiger charge is 2.24. The van der Waals surface area contributed by atoms with Gasteiger partial charge in [0.2, 0.25) is 5.69 Å². The Bertz CT molecular complexity index is 2000. The third-order valence-corrected chi connectivity index (χ3v) is 7.88. The van der Waals surface area contributed by atoms with Gasteiger partial charge in [0.05, 0.1) is 49.6 Å². The van der Waals surface area contributed by atoms with E-state index >= 15 is 0 Å². The molecule has 3 aromatic carbocycles. The number of hydrogen-bond acceptors (Lipinski definition) is 9. The Labute approximate surface area is 257 Å². The van der Waals surface area contributed by atoms with Crippen LogP contribution in [-0.4, -0.2) is 59.3 Å². The Hall–Kier alpha value is -5.04. The number of benzene rings is 3. The number of aromatic nitrogens is 5. The lowest BCUT2D eigenvalue weighted by Crippen LogP contribution is -2.32. The Morgan fingerprint density at radius 1 is 0.956 bits per heavy atom. The second kappa shape index (κ2) is 12.9. The summed E-state index contributed by atoms with van der Waals surface area (Å²) in [4.78, 5) is 22.2. The van der Waals surface area contributed by atoms with Crippen molar-refractivity contribution in [1.82, 2.24) is 25.0 Å². The summed E-state index contributed by atoms with van der Waals surface area (Å²) in [6.45, 7) is 3.44. The molecule has 12 nitrogen and oxygen atoms in total. The molecule has 2 N–H and O–H groups in total. The number of ether oxygens (including phenoxy) is 3. The molecule has 0 aliphatic carbocycles. The maximum Gasteiger partial charge on any atom is 0.261 e. The van der Waals surface area contributed by atoms with Gasteiger partial charge >= 0.3 is 0 Å². The van der Waals surface area contributed by atoms with Gasteiger partial charge in [-0.05, 0) is 41.2 Å². The van der Waals surface area contributed by atoms with Gasteiger partial charge in [-0.25, -0.2) is 4.98 Å². The zero-order valence-corrected chi connectivity index (χ0v) is 24.5. The molecule has 0 amide bonds. The second-order valence-electron chi connectivity index (χ2n) is 10.7. The summed E-state index contributed by atoms with van der Waals surface area (Å²) in [5.41, 5.74) is 5.50. The normalized spacial score (nSPS) is 12.4. The van der Waals surface area contributed by atoms with Gasteiger partial charge in [0.15, 0.2) is 5.82 Å². The molecule has 0 radical (unpaired) electrons. The Kier molecular flexibility index (Phi) is 8.23. The molecule has 0 fully saturated rings. The number of rotatable bonds is 13. The molecule has 0 atom stereocenters. The average Bonchev–Trinajstić information content (AvgIpc) is 3.64. The van der Waals surface area contributed by atoms with Crippen molar-refractivity contribution in [2.45, 2.75) is 19.5 Å². The van der Waals surface area contributed by atoms with Crippen LogP contribution in [0.2, 0.25) is 0 Å². The van der Waals surface area contributed by atoms with Gasteiger partial charge in [-0.3, -0.25) is 14.0 Å². The smallest absolute Gasteiger partial charge is 0.261 e. The minimum Gasteiger partial charge on any atom is -0.491 e. The fourth-order valence-electron chi connectivity index (χ4n) is 5.68. The van der Waals surface area contributed by atoms with Gasteiger partial charge in [-0.15, -0.1) is 0 Å². The van der Waals surface area contributed by atoms with Crippen molar-refractivity contribution in [2.24, 2.45) is 0 Å². The molecule has 3 aromatic heterocycles. The quantitative estimate of drug-likeness (QED) is 0.149. The van der Waals surface area contributed by atoms with Crippen LogP contribution in [0.4, 0.5) is 0 Å².